The maximum absolute atomic E-state index is 13.9. The maximum atomic E-state index is 13.9. The molecule has 4 N–H and O–H groups in total. The number of fused-ring (bicyclic) bond motifs is 3. The average molecular weight is 727 g/mol. The van der Waals surface area contributed by atoms with E-state index in [0.29, 0.717) is 24.5 Å². The summed E-state index contributed by atoms with van der Waals surface area (Å²) < 4.78 is 0. The molecule has 3 heterocycles. The van der Waals surface area contributed by atoms with Gasteiger partial charge in [-0.25, -0.2) is 4.98 Å². The number of para-hydroxylation sites is 1. The number of aromatic nitrogens is 2. The van der Waals surface area contributed by atoms with Crippen LogP contribution in [0.5, 0.6) is 0 Å². The van der Waals surface area contributed by atoms with E-state index in [9.17, 15) is 24.0 Å². The smallest absolute Gasteiger partial charge is 0.271 e. The fourth-order valence-corrected chi connectivity index (χ4v) is 6.89. The molecule has 0 aliphatic carbocycles. The predicted octanol–water partition coefficient (Wildman–Crippen LogP) is 2.83. The van der Waals surface area contributed by atoms with Crippen molar-refractivity contribution < 1.29 is 24.0 Å². The first-order chi connectivity index (χ1) is 24.9. The number of hydrogen-bond acceptors (Lipinski definition) is 9. The number of nitrogens with zero attached hydrogens (tertiary/aromatic N) is 4. The lowest BCUT2D eigenvalue weighted by Gasteiger charge is -2.29. The molecule has 0 unspecified atom stereocenters. The second kappa shape index (κ2) is 17.3. The number of carbonyl (C=O) groups excluding carboxylic acids is 5. The third-order valence-corrected chi connectivity index (χ3v) is 9.97. The van der Waals surface area contributed by atoms with Crippen LogP contribution in [0, 0.1) is 5.92 Å². The molecule has 5 amide bonds. The van der Waals surface area contributed by atoms with Crippen LogP contribution in [0.1, 0.15) is 60.4 Å². The van der Waals surface area contributed by atoms with Crippen molar-refractivity contribution in [3.63, 3.8) is 0 Å². The van der Waals surface area contributed by atoms with Crippen LogP contribution >= 0.6 is 11.3 Å². The van der Waals surface area contributed by atoms with Gasteiger partial charge in [-0.3, -0.25) is 33.9 Å². The minimum atomic E-state index is -0.991. The highest BCUT2D eigenvalue weighted by Gasteiger charge is 2.31. The van der Waals surface area contributed by atoms with Crippen LogP contribution in [-0.4, -0.2) is 94.1 Å². The molecule has 0 saturated carbocycles. The van der Waals surface area contributed by atoms with Gasteiger partial charge in [-0.2, -0.15) is 0 Å². The van der Waals surface area contributed by atoms with Gasteiger partial charge in [-0.1, -0.05) is 62.4 Å². The molecular weight excluding hydrogens is 681 g/mol. The van der Waals surface area contributed by atoms with Gasteiger partial charge in [0.05, 0.1) is 18.1 Å². The Balaban J connectivity index is 1.47. The van der Waals surface area contributed by atoms with E-state index in [2.05, 4.69) is 31.2 Å². The number of carbonyl (C=O) groups is 5. The molecular formula is C38H46N8O5S. The molecule has 274 valence electrons. The van der Waals surface area contributed by atoms with Crippen LogP contribution in [0.4, 0.5) is 0 Å². The quantitative estimate of drug-likeness (QED) is 0.244. The van der Waals surface area contributed by atoms with Gasteiger partial charge in [0.15, 0.2) is 0 Å². The van der Waals surface area contributed by atoms with E-state index in [-0.39, 0.29) is 36.5 Å². The van der Waals surface area contributed by atoms with Crippen molar-refractivity contribution in [1.82, 2.24) is 41.0 Å². The fraction of sp³-hybridized carbons (Fsp3) is 0.395. The van der Waals surface area contributed by atoms with E-state index in [4.69, 9.17) is 0 Å². The van der Waals surface area contributed by atoms with E-state index in [1.807, 2.05) is 65.6 Å². The van der Waals surface area contributed by atoms with Gasteiger partial charge in [0.1, 0.15) is 28.8 Å². The first kappa shape index (κ1) is 38.0. The lowest BCUT2D eigenvalue weighted by molar-refractivity contribution is -0.136. The second-order valence-electron chi connectivity index (χ2n) is 13.5. The highest BCUT2D eigenvalue weighted by molar-refractivity contribution is 7.09. The number of benzene rings is 2. The molecule has 4 aromatic rings. The Kier molecular flexibility index (Phi) is 12.7. The van der Waals surface area contributed by atoms with Crippen molar-refractivity contribution in [1.29, 1.82) is 0 Å². The zero-order valence-corrected chi connectivity index (χ0v) is 30.9. The number of nitrogens with one attached hydrogen (secondary N) is 4. The van der Waals surface area contributed by atoms with Crippen LogP contribution < -0.4 is 21.3 Å². The Morgan fingerprint density at radius 3 is 2.33 bits per heavy atom. The van der Waals surface area contributed by atoms with E-state index in [0.717, 1.165) is 22.0 Å². The van der Waals surface area contributed by atoms with Crippen LogP contribution in [0.25, 0.3) is 10.9 Å². The van der Waals surface area contributed by atoms with E-state index < -0.39 is 41.9 Å². The van der Waals surface area contributed by atoms with Crippen molar-refractivity contribution in [2.24, 2.45) is 5.92 Å². The van der Waals surface area contributed by atoms with Crippen LogP contribution in [-0.2, 0) is 32.1 Å². The minimum Gasteiger partial charge on any atom is -0.345 e. The predicted molar refractivity (Wildman–Crippen MR) is 199 cm³/mol. The van der Waals surface area contributed by atoms with Gasteiger partial charge >= 0.3 is 0 Å². The van der Waals surface area contributed by atoms with Gasteiger partial charge in [0.25, 0.3) is 5.91 Å². The third-order valence-electron chi connectivity index (χ3n) is 9.02. The molecule has 52 heavy (non-hydrogen) atoms. The molecule has 0 spiro atoms. The summed E-state index contributed by atoms with van der Waals surface area (Å²) in [6.07, 6.45) is 2.17. The van der Waals surface area contributed by atoms with E-state index >= 15 is 0 Å². The Morgan fingerprint density at radius 1 is 0.846 bits per heavy atom. The van der Waals surface area contributed by atoms with Crippen molar-refractivity contribution in [3.8, 4) is 0 Å². The normalized spacial score (nSPS) is 22.0. The second-order valence-corrected chi connectivity index (χ2v) is 14.4. The summed E-state index contributed by atoms with van der Waals surface area (Å²) >= 11 is 1.24. The summed E-state index contributed by atoms with van der Waals surface area (Å²) in [6, 6.07) is 16.0. The number of pyridine rings is 1. The van der Waals surface area contributed by atoms with Gasteiger partial charge in [-0.15, -0.1) is 11.3 Å². The number of thiazole rings is 1. The number of likely N-dealkylation sites (N-methyl/N-ethyl adjacent to an activating group) is 1. The molecule has 1 aliphatic rings. The molecule has 1 aliphatic heterocycles. The van der Waals surface area contributed by atoms with Gasteiger partial charge in [-0.05, 0) is 49.4 Å². The minimum absolute atomic E-state index is 0.0103. The highest BCUT2D eigenvalue weighted by atomic mass is 32.1. The average Bonchev–Trinajstić information content (AvgIpc) is 3.63. The van der Waals surface area contributed by atoms with Gasteiger partial charge in [0.2, 0.25) is 23.6 Å². The fourth-order valence-electron chi connectivity index (χ4n) is 6.04. The Labute approximate surface area is 307 Å². The summed E-state index contributed by atoms with van der Waals surface area (Å²) in [4.78, 5) is 79.7. The first-order valence-corrected chi connectivity index (χ1v) is 18.3. The van der Waals surface area contributed by atoms with Crippen LogP contribution in [0.15, 0.2) is 72.2 Å². The summed E-state index contributed by atoms with van der Waals surface area (Å²) in [7, 11) is 1.66. The first-order valence-electron chi connectivity index (χ1n) is 17.4. The third kappa shape index (κ3) is 9.76. The lowest BCUT2D eigenvalue weighted by atomic mass is 10.0. The summed E-state index contributed by atoms with van der Waals surface area (Å²) in [5, 5.41) is 14.4. The Hall–Kier alpha value is -5.21. The summed E-state index contributed by atoms with van der Waals surface area (Å²) in [5.74, 6) is -2.53. The molecule has 0 fully saturated rings. The summed E-state index contributed by atoms with van der Waals surface area (Å²) in [5.41, 5.74) is 2.90. The Morgan fingerprint density at radius 2 is 1.58 bits per heavy atom. The molecule has 2 bridgehead atoms. The van der Waals surface area contributed by atoms with E-state index in [1.54, 1.807) is 39.4 Å². The molecule has 0 radical (unpaired) electrons. The number of amides is 5. The van der Waals surface area contributed by atoms with E-state index in [1.165, 1.54) is 23.2 Å². The standard InChI is InChI=1S/C38H46N8O5S/c1-23(2)33-36(50)41-25(4)38(51)45(5)17-18-46(20-27-15-16-39-29-14-10-9-13-28(27)29)21-32(47)42-30(19-26-11-7-6-8-12-26)37-43-31(22-52-37)35(49)40-24(3)34(48)44-33/h6-16,22-25,30,33H,17-21H2,1-5H3,(H,40,49)(H,41,50)(H,42,47)(H,44,48)/t24-,25+,30-,33-/m0/s1. The zero-order chi connectivity index (χ0) is 37.4. The molecule has 13 nitrogen and oxygen atoms in total. The molecule has 2 aromatic carbocycles. The van der Waals surface area contributed by atoms with Crippen LogP contribution in [0.3, 0.4) is 0 Å². The molecule has 2 aromatic heterocycles. The van der Waals surface area contributed by atoms with Crippen molar-refractivity contribution in [3.05, 3.63) is 94.1 Å². The van der Waals surface area contributed by atoms with Crippen molar-refractivity contribution in [2.45, 2.75) is 64.8 Å². The largest absolute Gasteiger partial charge is 0.345 e. The molecule has 5 rings (SSSR count). The molecule has 4 atom stereocenters. The Bertz CT molecular complexity index is 1900. The lowest BCUT2D eigenvalue weighted by Crippen LogP contribution is -2.57. The molecule has 14 heteroatoms. The molecule has 0 saturated heterocycles. The monoisotopic (exact) mass is 726 g/mol. The highest BCUT2D eigenvalue weighted by Crippen LogP contribution is 2.23. The SMILES string of the molecule is CC(C)[C@@H]1NC(=O)[C@H](C)NC(=O)c2csc(n2)[C@H](Cc2ccccc2)NC(=O)CN(Cc2ccnc3ccccc23)CCN(C)C(=O)[C@@H](C)NC1=O. The number of rotatable bonds is 5. The topological polar surface area (TPSA) is 166 Å². The number of hydrogen-bond donors (Lipinski definition) is 4. The maximum Gasteiger partial charge on any atom is 0.271 e. The zero-order valence-electron chi connectivity index (χ0n) is 30.1. The van der Waals surface area contributed by atoms with Crippen molar-refractivity contribution >= 4 is 51.8 Å². The van der Waals surface area contributed by atoms with Gasteiger partial charge in [0, 0.05) is 43.6 Å². The van der Waals surface area contributed by atoms with Gasteiger partial charge < -0.3 is 26.2 Å². The summed E-state index contributed by atoms with van der Waals surface area (Å²) in [6.45, 7) is 7.72. The van der Waals surface area contributed by atoms with Crippen molar-refractivity contribution in [2.75, 3.05) is 26.7 Å². The van der Waals surface area contributed by atoms with Crippen LogP contribution in [0.2, 0.25) is 0 Å².